The molecule has 2 N–H and O–H groups in total. The smallest absolute Gasteiger partial charge is 0.259 e. The standard InChI is InChI=1S/C18H19N3O2S2/c1-10-11(2)25-18-15(10)17(23)20-14(21-18)9-24-12(3)16(22)19-13-7-5-4-6-8-13/h4-8,12H,9H2,1-3H3,(H,19,22)(H,20,21,23). The van der Waals surface area contributed by atoms with Crippen molar-refractivity contribution in [1.82, 2.24) is 9.97 Å². The van der Waals surface area contributed by atoms with Crippen molar-refractivity contribution in [2.75, 3.05) is 5.32 Å². The van der Waals surface area contributed by atoms with Crippen LogP contribution in [-0.2, 0) is 10.5 Å². The molecule has 130 valence electrons. The predicted octanol–water partition coefficient (Wildman–Crippen LogP) is 3.86. The first-order valence-corrected chi connectivity index (χ1v) is 9.78. The van der Waals surface area contributed by atoms with E-state index in [0.717, 1.165) is 21.0 Å². The van der Waals surface area contributed by atoms with Crippen molar-refractivity contribution in [1.29, 1.82) is 0 Å². The minimum Gasteiger partial charge on any atom is -0.325 e. The number of para-hydroxylation sites is 1. The molecule has 0 radical (unpaired) electrons. The third-order valence-corrected chi connectivity index (χ3v) is 6.22. The number of hydrogen-bond donors (Lipinski definition) is 2. The first kappa shape index (κ1) is 17.7. The van der Waals surface area contributed by atoms with Gasteiger partial charge in [0.1, 0.15) is 10.7 Å². The van der Waals surface area contributed by atoms with Gasteiger partial charge in [0, 0.05) is 10.6 Å². The number of carbonyl (C=O) groups excluding carboxylic acids is 1. The molecule has 0 saturated heterocycles. The van der Waals surface area contributed by atoms with E-state index in [9.17, 15) is 9.59 Å². The van der Waals surface area contributed by atoms with E-state index in [2.05, 4.69) is 15.3 Å². The molecule has 0 spiro atoms. The summed E-state index contributed by atoms with van der Waals surface area (Å²) in [5.41, 5.74) is 1.66. The first-order valence-electron chi connectivity index (χ1n) is 7.92. The summed E-state index contributed by atoms with van der Waals surface area (Å²) in [6.07, 6.45) is 0. The van der Waals surface area contributed by atoms with Crippen molar-refractivity contribution in [3.63, 3.8) is 0 Å². The van der Waals surface area contributed by atoms with Crippen molar-refractivity contribution < 1.29 is 4.79 Å². The average molecular weight is 374 g/mol. The van der Waals surface area contributed by atoms with Gasteiger partial charge in [0.05, 0.1) is 16.4 Å². The number of aromatic amines is 1. The maximum atomic E-state index is 12.3. The van der Waals surface area contributed by atoms with Gasteiger partial charge in [-0.1, -0.05) is 18.2 Å². The Bertz CT molecular complexity index is 964. The summed E-state index contributed by atoms with van der Waals surface area (Å²) in [5.74, 6) is 1.01. The summed E-state index contributed by atoms with van der Waals surface area (Å²) >= 11 is 2.97. The summed E-state index contributed by atoms with van der Waals surface area (Å²) in [4.78, 5) is 33.8. The van der Waals surface area contributed by atoms with Gasteiger partial charge in [-0.15, -0.1) is 23.1 Å². The maximum Gasteiger partial charge on any atom is 0.259 e. The van der Waals surface area contributed by atoms with Gasteiger partial charge in [-0.05, 0) is 38.5 Å². The van der Waals surface area contributed by atoms with E-state index >= 15 is 0 Å². The molecule has 1 aromatic carbocycles. The molecule has 0 aliphatic rings. The Morgan fingerprint density at radius 3 is 2.76 bits per heavy atom. The van der Waals surface area contributed by atoms with Crippen molar-refractivity contribution in [2.24, 2.45) is 0 Å². The summed E-state index contributed by atoms with van der Waals surface area (Å²) < 4.78 is 0. The SMILES string of the molecule is Cc1sc2nc(CSC(C)C(=O)Nc3ccccc3)[nH]c(=O)c2c1C. The van der Waals surface area contributed by atoms with Crippen LogP contribution >= 0.6 is 23.1 Å². The van der Waals surface area contributed by atoms with Gasteiger partial charge >= 0.3 is 0 Å². The molecule has 3 aromatic rings. The number of fused-ring (bicyclic) bond motifs is 1. The van der Waals surface area contributed by atoms with Crippen LogP contribution in [0.2, 0.25) is 0 Å². The Labute approximate surface area is 153 Å². The quantitative estimate of drug-likeness (QED) is 0.712. The van der Waals surface area contributed by atoms with Gasteiger partial charge in [-0.2, -0.15) is 0 Å². The van der Waals surface area contributed by atoms with Crippen LogP contribution in [0.15, 0.2) is 35.1 Å². The molecular weight excluding hydrogens is 354 g/mol. The average Bonchev–Trinajstić information content (AvgIpc) is 2.88. The number of rotatable bonds is 5. The number of benzene rings is 1. The van der Waals surface area contributed by atoms with Crippen molar-refractivity contribution in [3.05, 3.63) is 57.0 Å². The Balaban J connectivity index is 1.68. The number of aromatic nitrogens is 2. The summed E-state index contributed by atoms with van der Waals surface area (Å²) in [5, 5.41) is 3.30. The zero-order chi connectivity index (χ0) is 18.0. The molecule has 25 heavy (non-hydrogen) atoms. The van der Waals surface area contributed by atoms with Crippen molar-refractivity contribution in [3.8, 4) is 0 Å². The lowest BCUT2D eigenvalue weighted by atomic mass is 10.2. The normalized spacial score (nSPS) is 12.3. The van der Waals surface area contributed by atoms with E-state index in [0.29, 0.717) is 17.0 Å². The van der Waals surface area contributed by atoms with Gasteiger partial charge in [0.2, 0.25) is 5.91 Å². The lowest BCUT2D eigenvalue weighted by molar-refractivity contribution is -0.115. The second-order valence-corrected chi connectivity index (χ2v) is 8.32. The minimum atomic E-state index is -0.256. The van der Waals surface area contributed by atoms with E-state index in [4.69, 9.17) is 0 Å². The highest BCUT2D eigenvalue weighted by atomic mass is 32.2. The van der Waals surface area contributed by atoms with Gasteiger partial charge < -0.3 is 10.3 Å². The molecule has 0 aliphatic heterocycles. The molecule has 7 heteroatoms. The largest absolute Gasteiger partial charge is 0.325 e. The van der Waals surface area contributed by atoms with Crippen LogP contribution < -0.4 is 10.9 Å². The van der Waals surface area contributed by atoms with Crippen LogP contribution in [0.4, 0.5) is 5.69 Å². The number of hydrogen-bond acceptors (Lipinski definition) is 5. The minimum absolute atomic E-state index is 0.0672. The highest BCUT2D eigenvalue weighted by Gasteiger charge is 2.16. The second kappa shape index (κ2) is 7.41. The topological polar surface area (TPSA) is 74.8 Å². The number of thiophene rings is 1. The number of amides is 1. The summed E-state index contributed by atoms with van der Waals surface area (Å²) in [6, 6.07) is 9.36. The number of nitrogens with one attached hydrogen (secondary N) is 2. The van der Waals surface area contributed by atoms with Crippen molar-refractivity contribution in [2.45, 2.75) is 31.8 Å². The Morgan fingerprint density at radius 2 is 2.04 bits per heavy atom. The van der Waals surface area contributed by atoms with Crippen LogP contribution in [0.25, 0.3) is 10.2 Å². The molecule has 3 rings (SSSR count). The molecule has 2 aromatic heterocycles. The molecule has 2 heterocycles. The lowest BCUT2D eigenvalue weighted by Gasteiger charge is -2.11. The van der Waals surface area contributed by atoms with E-state index in [1.54, 1.807) is 0 Å². The monoisotopic (exact) mass is 373 g/mol. The summed E-state index contributed by atoms with van der Waals surface area (Å²) in [7, 11) is 0. The van der Waals surface area contributed by atoms with Crippen LogP contribution in [-0.4, -0.2) is 21.1 Å². The Hall–Kier alpha value is -2.12. The molecule has 1 amide bonds. The van der Waals surface area contributed by atoms with E-state index in [1.165, 1.54) is 23.1 Å². The fraction of sp³-hybridized carbons (Fsp3) is 0.278. The molecular formula is C18H19N3O2S2. The number of H-pyrrole nitrogens is 1. The van der Waals surface area contributed by atoms with Crippen LogP contribution in [0, 0.1) is 13.8 Å². The predicted molar refractivity (Wildman–Crippen MR) is 106 cm³/mol. The zero-order valence-corrected chi connectivity index (χ0v) is 15.9. The van der Waals surface area contributed by atoms with Crippen LogP contribution in [0.1, 0.15) is 23.2 Å². The number of thioether (sulfide) groups is 1. The molecule has 0 fully saturated rings. The third-order valence-electron chi connectivity index (χ3n) is 3.97. The van der Waals surface area contributed by atoms with Gasteiger partial charge in [0.15, 0.2) is 0 Å². The highest BCUT2D eigenvalue weighted by Crippen LogP contribution is 2.26. The molecule has 0 bridgehead atoms. The van der Waals surface area contributed by atoms with Gasteiger partial charge in [0.25, 0.3) is 5.56 Å². The van der Waals surface area contributed by atoms with E-state index in [1.807, 2.05) is 51.1 Å². The van der Waals surface area contributed by atoms with E-state index < -0.39 is 0 Å². The first-order chi connectivity index (χ1) is 12.0. The lowest BCUT2D eigenvalue weighted by Crippen LogP contribution is -2.23. The molecule has 1 unspecified atom stereocenters. The van der Waals surface area contributed by atoms with Gasteiger partial charge in [-0.25, -0.2) is 4.98 Å². The maximum absolute atomic E-state index is 12.3. The van der Waals surface area contributed by atoms with Crippen molar-refractivity contribution >= 4 is 44.9 Å². The zero-order valence-electron chi connectivity index (χ0n) is 14.3. The number of carbonyl (C=O) groups is 1. The number of anilines is 1. The molecule has 0 aliphatic carbocycles. The third kappa shape index (κ3) is 3.93. The molecule has 5 nitrogen and oxygen atoms in total. The van der Waals surface area contributed by atoms with Crippen LogP contribution in [0.3, 0.4) is 0 Å². The van der Waals surface area contributed by atoms with E-state index in [-0.39, 0.29) is 16.7 Å². The molecule has 1 atom stereocenters. The molecule has 0 saturated carbocycles. The highest BCUT2D eigenvalue weighted by molar-refractivity contribution is 7.99. The number of nitrogens with zero attached hydrogens (tertiary/aromatic N) is 1. The summed E-state index contributed by atoms with van der Waals surface area (Å²) in [6.45, 7) is 5.78. The van der Waals surface area contributed by atoms with Gasteiger partial charge in [-0.3, -0.25) is 9.59 Å². The fourth-order valence-electron chi connectivity index (χ4n) is 2.41. The fourth-order valence-corrected chi connectivity index (χ4v) is 4.22. The Kier molecular flexibility index (Phi) is 5.24. The van der Waals surface area contributed by atoms with Crippen LogP contribution in [0.5, 0.6) is 0 Å². The second-order valence-electron chi connectivity index (χ2n) is 5.78. The Morgan fingerprint density at radius 1 is 1.32 bits per heavy atom. The number of aryl methyl sites for hydroxylation is 2.